The summed E-state index contributed by atoms with van der Waals surface area (Å²) in [4.78, 5) is 29.3. The summed E-state index contributed by atoms with van der Waals surface area (Å²) in [5.74, 6) is 0. The van der Waals surface area contributed by atoms with E-state index in [1.165, 1.54) is 0 Å². The molecule has 0 atom stereocenters. The topological polar surface area (TPSA) is 112 Å². The first-order valence-electron chi connectivity index (χ1n) is 0.894. The van der Waals surface area contributed by atoms with Crippen LogP contribution in [0.5, 0.6) is 0 Å². The predicted octanol–water partition coefficient (Wildman–Crippen LogP) is -6.63. The van der Waals surface area contributed by atoms with Crippen LogP contribution in [0.4, 0.5) is 0 Å². The Kier molecular flexibility index (Phi) is 46.0. The van der Waals surface area contributed by atoms with Crippen LogP contribution in [0.15, 0.2) is 0 Å². The Morgan fingerprint density at radius 1 is 0.889 bits per heavy atom. The van der Waals surface area contributed by atoms with Crippen molar-refractivity contribution in [2.24, 2.45) is 0 Å². The maximum Gasteiger partial charge on any atom is 2.00 e. The van der Waals surface area contributed by atoms with Gasteiger partial charge in [-0.05, 0) is 0 Å². The van der Waals surface area contributed by atoms with E-state index in [1.807, 2.05) is 0 Å². The van der Waals surface area contributed by atoms with Crippen molar-refractivity contribution in [3.63, 3.8) is 0 Å². The fourth-order valence-electron chi connectivity index (χ4n) is 0. The van der Waals surface area contributed by atoms with E-state index in [1.54, 1.807) is 0 Å². The van der Waals surface area contributed by atoms with Crippen molar-refractivity contribution < 1.29 is 61.3 Å². The Bertz CT molecular complexity index is 43.6. The third kappa shape index (κ3) is 83.9. The van der Waals surface area contributed by atoms with E-state index >= 15 is 0 Å². The third-order valence-electron chi connectivity index (χ3n) is 0. The monoisotopic (exact) mass is 222 g/mol. The van der Waals surface area contributed by atoms with Gasteiger partial charge in [-0.2, -0.15) is 0 Å². The van der Waals surface area contributed by atoms with Crippen LogP contribution in [0.3, 0.4) is 0 Å². The van der Waals surface area contributed by atoms with Crippen LogP contribution in [0.1, 0.15) is 7.13 Å². The van der Waals surface area contributed by atoms with Crippen molar-refractivity contribution in [1.82, 2.24) is 0 Å². The van der Waals surface area contributed by atoms with Gasteiger partial charge in [0.25, 0.3) is 0 Å². The van der Waals surface area contributed by atoms with Gasteiger partial charge in [-0.25, -0.2) is 0 Å². The molecule has 0 rings (SSSR count). The van der Waals surface area contributed by atoms with Gasteiger partial charge in [-0.3, -0.25) is 0 Å². The quantitative estimate of drug-likeness (QED) is 0.305. The molecule has 9 heteroatoms. The van der Waals surface area contributed by atoms with Gasteiger partial charge in [0.1, 0.15) is 0 Å². The maximum atomic E-state index is 7.33. The normalized spacial score (nSPS) is 6.67. The van der Waals surface area contributed by atoms with Crippen molar-refractivity contribution in [3.05, 3.63) is 0 Å². The van der Waals surface area contributed by atoms with E-state index in [0.717, 1.165) is 0 Å². The molecule has 0 aliphatic carbocycles. The van der Waals surface area contributed by atoms with E-state index in [0.29, 0.717) is 0 Å². The Morgan fingerprint density at radius 3 is 0.889 bits per heavy atom. The van der Waals surface area contributed by atoms with Crippen LogP contribution in [0.2, 0.25) is 0 Å². The average molecular weight is 222 g/mol. The summed E-state index contributed by atoms with van der Waals surface area (Å²) in [6, 6.07) is 0. The summed E-state index contributed by atoms with van der Waals surface area (Å²) in [6.45, 7) is 0. The molecule has 0 aliphatic heterocycles. The van der Waals surface area contributed by atoms with Crippen molar-refractivity contribution in [2.75, 3.05) is 0 Å². The van der Waals surface area contributed by atoms with Crippen molar-refractivity contribution in [2.45, 2.75) is 0 Å². The molecule has 0 unspecified atom stereocenters. The predicted molar refractivity (Wildman–Crippen MR) is 35.3 cm³/mol. The molecule has 0 saturated heterocycles. The molecule has 9 heavy (non-hydrogen) atoms. The molecule has 0 saturated carbocycles. The van der Waals surface area contributed by atoms with Crippen LogP contribution in [-0.2, 0) is 0 Å². The number of hydrogen-bond donors (Lipinski definition) is 4. The van der Waals surface area contributed by atoms with Gasteiger partial charge in [0.2, 0.25) is 0 Å². The van der Waals surface area contributed by atoms with Crippen LogP contribution in [-0.4, -0.2) is 109 Å². The van der Waals surface area contributed by atoms with E-state index in [2.05, 4.69) is 0 Å². The zero-order chi connectivity index (χ0) is 4.50. The summed E-state index contributed by atoms with van der Waals surface area (Å²) in [5, 5.41) is 0. The largest absolute Gasteiger partial charge is 2.00 e. The summed E-state index contributed by atoms with van der Waals surface area (Å²) < 4.78 is 0. The standard InChI is InChI=1S/2Ca.Na.H4O4Si.H2O.5H/c;;;1-5(2,3)4;;;;;;/h;;;1-4H;1H2;;;;;/q2*+2;+1;;;5*-1. The van der Waals surface area contributed by atoms with Crippen LogP contribution < -0.4 is 29.6 Å². The molecule has 0 radical (unpaired) electrons. The van der Waals surface area contributed by atoms with Crippen LogP contribution in [0, 0.1) is 0 Å². The second kappa shape index (κ2) is 14.1. The summed E-state index contributed by atoms with van der Waals surface area (Å²) in [5.41, 5.74) is 0. The first-order chi connectivity index (χ1) is 2.00. The van der Waals surface area contributed by atoms with Crippen molar-refractivity contribution in [1.29, 1.82) is 0 Å². The first-order valence-corrected chi connectivity index (χ1v) is 2.68. The number of rotatable bonds is 0. The van der Waals surface area contributed by atoms with Gasteiger partial charge in [0, 0.05) is 0 Å². The van der Waals surface area contributed by atoms with Crippen molar-refractivity contribution >= 4 is 84.5 Å². The number of hydrogen-bond acceptors (Lipinski definition) is 4. The Hall–Kier alpha value is 3.54. The Balaban J connectivity index is -0.00000000222. The molecular weight excluding hydrogens is 211 g/mol. The smallest absolute Gasteiger partial charge is 1.00 e. The average Bonchev–Trinajstić information content (AvgIpc) is 0.722. The Labute approximate surface area is 143 Å². The molecule has 0 amide bonds. The van der Waals surface area contributed by atoms with Gasteiger partial charge < -0.3 is 31.8 Å². The molecule has 0 bridgehead atoms. The van der Waals surface area contributed by atoms with E-state index < -0.39 is 9.05 Å². The van der Waals surface area contributed by atoms with E-state index in [-0.39, 0.29) is 118 Å². The van der Waals surface area contributed by atoms with Gasteiger partial charge in [-0.1, -0.05) is 0 Å². The zero-order valence-electron chi connectivity index (χ0n) is 10.2. The minimum absolute atomic E-state index is 0. The maximum absolute atomic E-state index is 7.33. The molecule has 0 aromatic heterocycles. The molecule has 0 spiro atoms. The molecule has 0 fully saturated rings. The minimum atomic E-state index is -4.61. The van der Waals surface area contributed by atoms with E-state index in [4.69, 9.17) is 19.2 Å². The third-order valence-corrected chi connectivity index (χ3v) is 0. The van der Waals surface area contributed by atoms with Gasteiger partial charge in [0.15, 0.2) is 0 Å². The molecule has 0 aliphatic rings. The van der Waals surface area contributed by atoms with Crippen molar-refractivity contribution in [3.8, 4) is 0 Å². The molecule has 6 N–H and O–H groups in total. The van der Waals surface area contributed by atoms with Gasteiger partial charge >= 0.3 is 114 Å². The molecule has 5 nitrogen and oxygen atoms in total. The van der Waals surface area contributed by atoms with E-state index in [9.17, 15) is 0 Å². The van der Waals surface area contributed by atoms with Gasteiger partial charge in [0.05, 0.1) is 0 Å². The summed E-state index contributed by atoms with van der Waals surface area (Å²) >= 11 is 0. The summed E-state index contributed by atoms with van der Waals surface area (Å²) in [6.07, 6.45) is 0. The second-order valence-corrected chi connectivity index (χ2v) is 1.80. The fourth-order valence-corrected chi connectivity index (χ4v) is 0. The SMILES string of the molecule is O.O[Si](O)(O)O.[Ca+2].[Ca+2].[H-].[H-].[H-].[H-].[H-].[Na+]. The molecule has 50 valence electrons. The molecular formula is H11Ca2NaO5Si. The summed E-state index contributed by atoms with van der Waals surface area (Å²) in [7, 11) is -4.61. The second-order valence-electron chi connectivity index (χ2n) is 0.600. The minimum Gasteiger partial charge on any atom is -1.00 e. The zero-order valence-corrected chi connectivity index (χ0v) is 12.6. The molecule has 0 aromatic carbocycles. The Morgan fingerprint density at radius 2 is 0.889 bits per heavy atom. The van der Waals surface area contributed by atoms with Crippen LogP contribution in [0.25, 0.3) is 0 Å². The fraction of sp³-hybridized carbons (Fsp3) is 0. The molecule has 0 heterocycles. The molecule has 0 aromatic rings. The first kappa shape index (κ1) is 29.4. The van der Waals surface area contributed by atoms with Gasteiger partial charge in [-0.15, -0.1) is 0 Å². The van der Waals surface area contributed by atoms with Crippen LogP contribution >= 0.6 is 0 Å².